The van der Waals surface area contributed by atoms with Gasteiger partial charge in [0.25, 0.3) is 0 Å². The van der Waals surface area contributed by atoms with Gasteiger partial charge in [-0.3, -0.25) is 4.79 Å². The Bertz CT molecular complexity index is 266. The van der Waals surface area contributed by atoms with Gasteiger partial charge in [0.15, 0.2) is 0 Å². The van der Waals surface area contributed by atoms with Crippen LogP contribution in [0.25, 0.3) is 0 Å². The monoisotopic (exact) mass is 256 g/mol. The molecule has 0 heterocycles. The van der Waals surface area contributed by atoms with Crippen LogP contribution in [0.5, 0.6) is 0 Å². The summed E-state index contributed by atoms with van der Waals surface area (Å²) in [6.07, 6.45) is 5.94. The average Bonchev–Trinajstić information content (AvgIpc) is 2.58. The second-order valence-electron chi connectivity index (χ2n) is 7.20. The van der Waals surface area contributed by atoms with Crippen LogP contribution >= 0.6 is 0 Å². The number of hydrogen-bond donors (Lipinski definition) is 0. The summed E-state index contributed by atoms with van der Waals surface area (Å²) in [5.74, 6) is 0.802. The summed E-state index contributed by atoms with van der Waals surface area (Å²) in [5.41, 5.74) is -0.0663. The highest BCUT2D eigenvalue weighted by Crippen LogP contribution is 2.29. The van der Waals surface area contributed by atoms with Crippen molar-refractivity contribution < 1.29 is 9.53 Å². The fourth-order valence-corrected chi connectivity index (χ4v) is 3.02. The van der Waals surface area contributed by atoms with Crippen LogP contribution in [0, 0.1) is 5.92 Å². The van der Waals surface area contributed by atoms with Crippen molar-refractivity contribution in [3.63, 3.8) is 0 Å². The lowest BCUT2D eigenvalue weighted by molar-refractivity contribution is -0.121. The molecule has 0 aromatic heterocycles. The molecule has 1 saturated carbocycles. The van der Waals surface area contributed by atoms with Crippen molar-refractivity contribution in [1.29, 1.82) is 0 Å². The molecule has 0 saturated heterocycles. The molecule has 0 aromatic carbocycles. The zero-order valence-corrected chi connectivity index (χ0v) is 13.1. The topological polar surface area (TPSA) is 26.3 Å². The van der Waals surface area contributed by atoms with E-state index in [1.54, 1.807) is 0 Å². The molecular weight excluding hydrogens is 228 g/mol. The Kier molecular flexibility index (Phi) is 4.96. The first-order chi connectivity index (χ1) is 7.70. The van der Waals surface area contributed by atoms with Gasteiger partial charge in [-0.2, -0.15) is 0 Å². The van der Waals surface area contributed by atoms with Gasteiger partial charge >= 0.3 is 0 Å². The summed E-state index contributed by atoms with van der Waals surface area (Å²) in [7, 11) is -1.13. The largest absolute Gasteiger partial charge is 0.379 e. The highest BCUT2D eigenvalue weighted by molar-refractivity contribution is 6.76. The standard InChI is InChI=1S/C14H28O2Si/c1-14(2,16-11-17(3,4)5)10-9-12-7-6-8-13(12)15/h12H,6-11H2,1-5H3. The first kappa shape index (κ1) is 14.9. The van der Waals surface area contributed by atoms with Crippen LogP contribution < -0.4 is 0 Å². The summed E-state index contributed by atoms with van der Waals surface area (Å²) >= 11 is 0. The third kappa shape index (κ3) is 5.82. The summed E-state index contributed by atoms with van der Waals surface area (Å²) in [6, 6.07) is 0. The number of ketones is 1. The van der Waals surface area contributed by atoms with Crippen LogP contribution in [-0.2, 0) is 9.53 Å². The lowest BCUT2D eigenvalue weighted by Crippen LogP contribution is -2.36. The van der Waals surface area contributed by atoms with Gasteiger partial charge < -0.3 is 4.74 Å². The first-order valence-corrected chi connectivity index (χ1v) is 10.6. The van der Waals surface area contributed by atoms with Crippen LogP contribution in [0.1, 0.15) is 46.0 Å². The predicted molar refractivity (Wildman–Crippen MR) is 75.0 cm³/mol. The van der Waals surface area contributed by atoms with Crippen molar-refractivity contribution in [2.24, 2.45) is 5.92 Å². The van der Waals surface area contributed by atoms with Gasteiger partial charge in [0.1, 0.15) is 5.78 Å². The molecule has 1 aliphatic rings. The number of carbonyl (C=O) groups is 1. The fourth-order valence-electron chi connectivity index (χ4n) is 2.20. The molecule has 0 N–H and O–H groups in total. The van der Waals surface area contributed by atoms with E-state index in [1.807, 2.05) is 0 Å². The lowest BCUT2D eigenvalue weighted by atomic mass is 9.93. The molecule has 0 spiro atoms. The molecule has 0 radical (unpaired) electrons. The molecule has 1 aliphatic carbocycles. The maximum Gasteiger partial charge on any atom is 0.135 e. The summed E-state index contributed by atoms with van der Waals surface area (Å²) in [6.45, 7) is 11.3. The molecule has 3 heteroatoms. The summed E-state index contributed by atoms with van der Waals surface area (Å²) in [5, 5.41) is 0. The highest BCUT2D eigenvalue weighted by Gasteiger charge is 2.28. The van der Waals surface area contributed by atoms with Crippen molar-refractivity contribution in [3.05, 3.63) is 0 Å². The van der Waals surface area contributed by atoms with Crippen molar-refractivity contribution in [2.45, 2.75) is 71.2 Å². The summed E-state index contributed by atoms with van der Waals surface area (Å²) < 4.78 is 6.04. The van der Waals surface area contributed by atoms with E-state index in [0.29, 0.717) is 11.7 Å². The quantitative estimate of drug-likeness (QED) is 0.676. The minimum Gasteiger partial charge on any atom is -0.379 e. The second-order valence-corrected chi connectivity index (χ2v) is 12.6. The molecule has 1 atom stereocenters. The maximum atomic E-state index is 11.6. The van der Waals surface area contributed by atoms with Gasteiger partial charge in [0.2, 0.25) is 0 Å². The van der Waals surface area contributed by atoms with Gasteiger partial charge in [-0.15, -0.1) is 0 Å². The fraction of sp³-hybridized carbons (Fsp3) is 0.929. The molecule has 17 heavy (non-hydrogen) atoms. The molecule has 1 rings (SSSR count). The Morgan fingerprint density at radius 2 is 2.00 bits per heavy atom. The van der Waals surface area contributed by atoms with Crippen molar-refractivity contribution in [1.82, 2.24) is 0 Å². The number of rotatable bonds is 6. The second kappa shape index (κ2) is 5.66. The van der Waals surface area contributed by atoms with Crippen LogP contribution in [0.4, 0.5) is 0 Å². The Morgan fingerprint density at radius 1 is 1.35 bits per heavy atom. The van der Waals surface area contributed by atoms with E-state index in [9.17, 15) is 4.79 Å². The normalized spacial score (nSPS) is 22.2. The summed E-state index contributed by atoms with van der Waals surface area (Å²) in [4.78, 5) is 11.6. The molecule has 1 fully saturated rings. The molecular formula is C14H28O2Si. The van der Waals surface area contributed by atoms with Crippen LogP contribution in [0.3, 0.4) is 0 Å². The zero-order valence-electron chi connectivity index (χ0n) is 12.1. The third-order valence-electron chi connectivity index (χ3n) is 3.42. The molecule has 0 bridgehead atoms. The van der Waals surface area contributed by atoms with E-state index in [4.69, 9.17) is 4.74 Å². The van der Waals surface area contributed by atoms with E-state index < -0.39 is 8.07 Å². The van der Waals surface area contributed by atoms with E-state index in [-0.39, 0.29) is 5.60 Å². The zero-order chi connectivity index (χ0) is 13.1. The first-order valence-electron chi connectivity index (χ1n) is 6.86. The Labute approximate surface area is 107 Å². The highest BCUT2D eigenvalue weighted by atomic mass is 28.3. The Hall–Kier alpha value is -0.153. The minimum absolute atomic E-state index is 0.0663. The Morgan fingerprint density at radius 3 is 2.47 bits per heavy atom. The maximum absolute atomic E-state index is 11.6. The minimum atomic E-state index is -1.13. The van der Waals surface area contributed by atoms with E-state index in [1.165, 1.54) is 0 Å². The molecule has 0 aromatic rings. The van der Waals surface area contributed by atoms with Crippen LogP contribution in [0.15, 0.2) is 0 Å². The van der Waals surface area contributed by atoms with Gasteiger partial charge in [0, 0.05) is 18.6 Å². The van der Waals surface area contributed by atoms with E-state index in [0.717, 1.165) is 38.3 Å². The van der Waals surface area contributed by atoms with Crippen LogP contribution in [-0.4, -0.2) is 25.7 Å². The number of carbonyl (C=O) groups excluding carboxylic acids is 1. The van der Waals surface area contributed by atoms with E-state index >= 15 is 0 Å². The smallest absolute Gasteiger partial charge is 0.135 e. The molecule has 0 aliphatic heterocycles. The SMILES string of the molecule is CC(C)(CCC1CCCC1=O)OC[Si](C)(C)C. The number of ether oxygens (including phenoxy) is 1. The van der Waals surface area contributed by atoms with Crippen molar-refractivity contribution in [2.75, 3.05) is 6.23 Å². The molecule has 2 nitrogen and oxygen atoms in total. The van der Waals surface area contributed by atoms with Gasteiger partial charge in [0.05, 0.1) is 13.7 Å². The van der Waals surface area contributed by atoms with Crippen molar-refractivity contribution >= 4 is 13.9 Å². The van der Waals surface area contributed by atoms with Crippen molar-refractivity contribution in [3.8, 4) is 0 Å². The van der Waals surface area contributed by atoms with Gasteiger partial charge in [-0.05, 0) is 39.5 Å². The Balaban J connectivity index is 2.31. The lowest BCUT2D eigenvalue weighted by Gasteiger charge is -2.30. The third-order valence-corrected chi connectivity index (χ3v) is 4.43. The number of Topliss-reactive ketones (excluding diaryl/α,β-unsaturated/α-hetero) is 1. The molecule has 1 unspecified atom stereocenters. The average molecular weight is 256 g/mol. The molecule has 0 amide bonds. The molecule has 100 valence electrons. The predicted octanol–water partition coefficient (Wildman–Crippen LogP) is 3.81. The van der Waals surface area contributed by atoms with Gasteiger partial charge in [-0.25, -0.2) is 0 Å². The number of hydrogen-bond acceptors (Lipinski definition) is 2. The van der Waals surface area contributed by atoms with Gasteiger partial charge in [-0.1, -0.05) is 19.6 Å². The van der Waals surface area contributed by atoms with Crippen LogP contribution in [0.2, 0.25) is 19.6 Å². The van der Waals surface area contributed by atoms with E-state index in [2.05, 4.69) is 33.5 Å².